The second-order valence-corrected chi connectivity index (χ2v) is 7.90. The van der Waals surface area contributed by atoms with Crippen LogP contribution in [-0.4, -0.2) is 46.5 Å². The molecule has 0 saturated carbocycles. The molecule has 146 valence electrons. The number of nitrogens with zero attached hydrogens (tertiary/aromatic N) is 3. The Morgan fingerprint density at radius 3 is 2.86 bits per heavy atom. The van der Waals surface area contributed by atoms with Crippen molar-refractivity contribution in [2.45, 2.75) is 18.7 Å². The first-order valence-electron chi connectivity index (χ1n) is 8.89. The Hall–Kier alpha value is -2.52. The molecular formula is C19H19N3O4S2. The summed E-state index contributed by atoms with van der Waals surface area (Å²) >= 11 is 2.79. The molecule has 0 radical (unpaired) electrons. The zero-order valence-electron chi connectivity index (χ0n) is 15.3. The Bertz CT molecular complexity index is 943. The van der Waals surface area contributed by atoms with Crippen LogP contribution in [0.5, 0.6) is 11.5 Å². The van der Waals surface area contributed by atoms with Crippen molar-refractivity contribution in [1.29, 1.82) is 0 Å². The fourth-order valence-electron chi connectivity index (χ4n) is 2.77. The molecule has 4 rings (SSSR count). The SMILES string of the molecule is CCN(Cc1ccc2c(c1)OCCO2)C(=O)CSc1nnc(-c2cccs2)o1. The van der Waals surface area contributed by atoms with Crippen molar-refractivity contribution in [3.63, 3.8) is 0 Å². The molecule has 1 aliphatic rings. The number of amides is 1. The first-order chi connectivity index (χ1) is 13.7. The number of benzene rings is 1. The average molecular weight is 418 g/mol. The van der Waals surface area contributed by atoms with Crippen LogP contribution in [0.25, 0.3) is 10.8 Å². The maximum Gasteiger partial charge on any atom is 0.277 e. The van der Waals surface area contributed by atoms with E-state index in [0.29, 0.717) is 37.4 Å². The summed E-state index contributed by atoms with van der Waals surface area (Å²) in [5.41, 5.74) is 1.00. The van der Waals surface area contributed by atoms with Gasteiger partial charge in [-0.05, 0) is 36.1 Å². The third-order valence-corrected chi connectivity index (χ3v) is 5.83. The van der Waals surface area contributed by atoms with Gasteiger partial charge in [0.1, 0.15) is 13.2 Å². The summed E-state index contributed by atoms with van der Waals surface area (Å²) in [6, 6.07) is 9.63. The number of thioether (sulfide) groups is 1. The number of hydrogen-bond acceptors (Lipinski definition) is 8. The Labute approximate surface area is 170 Å². The van der Waals surface area contributed by atoms with E-state index in [1.807, 2.05) is 42.6 Å². The van der Waals surface area contributed by atoms with Gasteiger partial charge in [0.2, 0.25) is 5.91 Å². The molecule has 0 spiro atoms. The van der Waals surface area contributed by atoms with Crippen LogP contribution in [0.4, 0.5) is 0 Å². The standard InChI is InChI=1S/C19H19N3O4S2/c1-2-22(11-13-5-6-14-15(10-13)25-8-7-24-14)17(23)12-28-19-21-20-18(26-19)16-4-3-9-27-16/h3-6,9-10H,2,7-8,11-12H2,1H3. The Morgan fingerprint density at radius 2 is 2.07 bits per heavy atom. The molecule has 0 fully saturated rings. The van der Waals surface area contributed by atoms with E-state index in [9.17, 15) is 4.79 Å². The van der Waals surface area contributed by atoms with Gasteiger partial charge in [-0.1, -0.05) is 23.9 Å². The molecule has 1 amide bonds. The van der Waals surface area contributed by atoms with Gasteiger partial charge in [-0.3, -0.25) is 4.79 Å². The quantitative estimate of drug-likeness (QED) is 0.542. The van der Waals surface area contributed by atoms with Crippen molar-refractivity contribution in [1.82, 2.24) is 15.1 Å². The van der Waals surface area contributed by atoms with Gasteiger partial charge in [-0.15, -0.1) is 21.5 Å². The van der Waals surface area contributed by atoms with Crippen molar-refractivity contribution in [3.05, 3.63) is 41.3 Å². The van der Waals surface area contributed by atoms with E-state index < -0.39 is 0 Å². The summed E-state index contributed by atoms with van der Waals surface area (Å²) in [4.78, 5) is 15.3. The highest BCUT2D eigenvalue weighted by Gasteiger charge is 2.18. The van der Waals surface area contributed by atoms with Gasteiger partial charge in [0.15, 0.2) is 11.5 Å². The van der Waals surface area contributed by atoms with E-state index in [-0.39, 0.29) is 11.7 Å². The zero-order valence-corrected chi connectivity index (χ0v) is 16.9. The summed E-state index contributed by atoms with van der Waals surface area (Å²) < 4.78 is 16.8. The lowest BCUT2D eigenvalue weighted by Crippen LogP contribution is -2.31. The monoisotopic (exact) mass is 417 g/mol. The van der Waals surface area contributed by atoms with Crippen molar-refractivity contribution in [3.8, 4) is 22.3 Å². The molecule has 7 nitrogen and oxygen atoms in total. The summed E-state index contributed by atoms with van der Waals surface area (Å²) in [5.74, 6) is 2.21. The van der Waals surface area contributed by atoms with Gasteiger partial charge >= 0.3 is 0 Å². The van der Waals surface area contributed by atoms with Crippen LogP contribution >= 0.6 is 23.1 Å². The van der Waals surface area contributed by atoms with E-state index >= 15 is 0 Å². The lowest BCUT2D eigenvalue weighted by atomic mass is 10.2. The topological polar surface area (TPSA) is 77.7 Å². The average Bonchev–Trinajstić information content (AvgIpc) is 3.41. The summed E-state index contributed by atoms with van der Waals surface area (Å²) in [6.45, 7) is 4.19. The highest BCUT2D eigenvalue weighted by molar-refractivity contribution is 7.99. The molecule has 0 bridgehead atoms. The zero-order chi connectivity index (χ0) is 19.3. The Morgan fingerprint density at radius 1 is 1.21 bits per heavy atom. The lowest BCUT2D eigenvalue weighted by molar-refractivity contribution is -0.128. The highest BCUT2D eigenvalue weighted by atomic mass is 32.2. The second-order valence-electron chi connectivity index (χ2n) is 6.03. The van der Waals surface area contributed by atoms with Gasteiger partial charge in [-0.2, -0.15) is 0 Å². The van der Waals surface area contributed by atoms with Crippen LogP contribution in [0.1, 0.15) is 12.5 Å². The first kappa shape index (κ1) is 18.8. The van der Waals surface area contributed by atoms with Crippen LogP contribution in [0, 0.1) is 0 Å². The summed E-state index contributed by atoms with van der Waals surface area (Å²) in [7, 11) is 0. The van der Waals surface area contributed by atoms with Gasteiger partial charge in [0, 0.05) is 13.1 Å². The number of carbonyl (C=O) groups is 1. The van der Waals surface area contributed by atoms with Crippen LogP contribution in [0.3, 0.4) is 0 Å². The van der Waals surface area contributed by atoms with Crippen molar-refractivity contribution < 1.29 is 18.7 Å². The number of carbonyl (C=O) groups excluding carboxylic acids is 1. The number of fused-ring (bicyclic) bond motifs is 1. The third kappa shape index (κ3) is 4.31. The molecule has 2 aromatic heterocycles. The van der Waals surface area contributed by atoms with Gasteiger partial charge in [0.05, 0.1) is 10.6 Å². The molecule has 3 aromatic rings. The summed E-state index contributed by atoms with van der Waals surface area (Å²) in [5, 5.41) is 10.4. The Kier molecular flexibility index (Phi) is 5.82. The number of thiophene rings is 1. The smallest absolute Gasteiger partial charge is 0.277 e. The van der Waals surface area contributed by atoms with Crippen LogP contribution in [0.15, 0.2) is 45.4 Å². The molecular weight excluding hydrogens is 398 g/mol. The van der Waals surface area contributed by atoms with E-state index in [1.165, 1.54) is 23.1 Å². The predicted octanol–water partition coefficient (Wildman–Crippen LogP) is 3.71. The number of aromatic nitrogens is 2. The molecule has 0 aliphatic carbocycles. The van der Waals surface area contributed by atoms with Crippen LogP contribution in [-0.2, 0) is 11.3 Å². The highest BCUT2D eigenvalue weighted by Crippen LogP contribution is 2.31. The minimum absolute atomic E-state index is 0.0123. The minimum atomic E-state index is 0.0123. The molecule has 3 heterocycles. The fourth-order valence-corrected chi connectivity index (χ4v) is 4.08. The molecule has 9 heteroatoms. The molecule has 1 aromatic carbocycles. The van der Waals surface area contributed by atoms with Crippen LogP contribution in [0.2, 0.25) is 0 Å². The van der Waals surface area contributed by atoms with E-state index in [0.717, 1.165) is 21.9 Å². The summed E-state index contributed by atoms with van der Waals surface area (Å²) in [6.07, 6.45) is 0. The van der Waals surface area contributed by atoms with Crippen molar-refractivity contribution in [2.24, 2.45) is 0 Å². The molecule has 0 unspecified atom stereocenters. The normalized spacial score (nSPS) is 12.8. The lowest BCUT2D eigenvalue weighted by Gasteiger charge is -2.23. The molecule has 0 atom stereocenters. The van der Waals surface area contributed by atoms with Gasteiger partial charge in [-0.25, -0.2) is 0 Å². The molecule has 0 saturated heterocycles. The van der Waals surface area contributed by atoms with Crippen molar-refractivity contribution in [2.75, 3.05) is 25.5 Å². The maximum atomic E-state index is 12.6. The van der Waals surface area contributed by atoms with E-state index in [1.54, 1.807) is 4.90 Å². The van der Waals surface area contributed by atoms with E-state index in [2.05, 4.69) is 10.2 Å². The number of hydrogen-bond donors (Lipinski definition) is 0. The minimum Gasteiger partial charge on any atom is -0.486 e. The molecule has 0 N–H and O–H groups in total. The van der Waals surface area contributed by atoms with Crippen LogP contribution < -0.4 is 9.47 Å². The van der Waals surface area contributed by atoms with E-state index in [4.69, 9.17) is 13.9 Å². The Balaban J connectivity index is 1.35. The maximum absolute atomic E-state index is 12.6. The largest absolute Gasteiger partial charge is 0.486 e. The number of ether oxygens (including phenoxy) is 2. The molecule has 1 aliphatic heterocycles. The van der Waals surface area contributed by atoms with Crippen molar-refractivity contribution >= 4 is 29.0 Å². The fraction of sp³-hybridized carbons (Fsp3) is 0.316. The predicted molar refractivity (Wildman–Crippen MR) is 107 cm³/mol. The second kappa shape index (κ2) is 8.66. The first-order valence-corrected chi connectivity index (χ1v) is 10.8. The number of rotatable bonds is 7. The van der Waals surface area contributed by atoms with Gasteiger partial charge < -0.3 is 18.8 Å². The molecule has 28 heavy (non-hydrogen) atoms. The van der Waals surface area contributed by atoms with Gasteiger partial charge in [0.25, 0.3) is 11.1 Å². The third-order valence-electron chi connectivity index (χ3n) is 4.17.